The number of carbonyl (C=O) groups is 1. The fourth-order valence-corrected chi connectivity index (χ4v) is 1.08. The lowest BCUT2D eigenvalue weighted by atomic mass is 10.3. The van der Waals surface area contributed by atoms with Gasteiger partial charge in [0.1, 0.15) is 0 Å². The fraction of sp³-hybridized carbons (Fsp3) is 0.364. The van der Waals surface area contributed by atoms with Crippen molar-refractivity contribution in [1.82, 2.24) is 0 Å². The van der Waals surface area contributed by atoms with Gasteiger partial charge in [-0.1, -0.05) is 0 Å². The summed E-state index contributed by atoms with van der Waals surface area (Å²) in [6.07, 6.45) is -0.801. The van der Waals surface area contributed by atoms with Crippen molar-refractivity contribution >= 4 is 6.16 Å². The van der Waals surface area contributed by atoms with Gasteiger partial charge in [0.05, 0.1) is 20.8 Å². The first kappa shape index (κ1) is 12.2. The van der Waals surface area contributed by atoms with Gasteiger partial charge >= 0.3 is 6.16 Å². The zero-order valence-corrected chi connectivity index (χ0v) is 9.40. The lowest BCUT2D eigenvalue weighted by molar-refractivity contribution is 0.102. The minimum absolute atomic E-state index is 0.183. The second kappa shape index (κ2) is 5.85. The third-order valence-electron chi connectivity index (χ3n) is 1.76. The molecule has 0 aliphatic rings. The van der Waals surface area contributed by atoms with Gasteiger partial charge in [-0.25, -0.2) is 4.79 Å². The highest BCUT2D eigenvalue weighted by Gasteiger charge is 2.16. The maximum Gasteiger partial charge on any atom is 0.514 e. The van der Waals surface area contributed by atoms with Crippen molar-refractivity contribution in [2.45, 2.75) is 6.92 Å². The normalized spacial score (nSPS) is 9.44. The molecule has 1 aromatic rings. The van der Waals surface area contributed by atoms with Gasteiger partial charge in [0, 0.05) is 0 Å². The van der Waals surface area contributed by atoms with E-state index in [1.165, 1.54) is 26.4 Å². The van der Waals surface area contributed by atoms with Gasteiger partial charge in [0.25, 0.3) is 0 Å². The summed E-state index contributed by atoms with van der Waals surface area (Å²) in [5, 5.41) is 0. The lowest BCUT2D eigenvalue weighted by Gasteiger charge is -2.11. The van der Waals surface area contributed by atoms with Crippen molar-refractivity contribution in [3.05, 3.63) is 18.2 Å². The first-order valence-electron chi connectivity index (χ1n) is 4.69. The van der Waals surface area contributed by atoms with Crippen LogP contribution in [0.1, 0.15) is 6.92 Å². The second-order valence-electron chi connectivity index (χ2n) is 2.71. The molecule has 16 heavy (non-hydrogen) atoms. The standard InChI is InChI=1S/C11H13O5/c1-4-15-11(12)16-10-8(13-2)6-5-7-9(10)14-3/h6-7H,4H2,1-3H3. The molecule has 5 heteroatoms. The number of rotatable bonds is 4. The first-order chi connectivity index (χ1) is 7.72. The van der Waals surface area contributed by atoms with Crippen LogP contribution in [0.3, 0.4) is 0 Å². The van der Waals surface area contributed by atoms with Crippen LogP contribution in [0.4, 0.5) is 4.79 Å². The summed E-state index contributed by atoms with van der Waals surface area (Å²) in [6, 6.07) is 5.87. The Kier molecular flexibility index (Phi) is 4.44. The van der Waals surface area contributed by atoms with E-state index in [0.717, 1.165) is 0 Å². The Morgan fingerprint density at radius 3 is 2.25 bits per heavy atom. The quantitative estimate of drug-likeness (QED) is 0.579. The first-order valence-corrected chi connectivity index (χ1v) is 4.69. The number of hydrogen-bond donors (Lipinski definition) is 0. The Labute approximate surface area is 93.9 Å². The summed E-state index contributed by atoms with van der Waals surface area (Å²) in [6.45, 7) is 1.93. The molecule has 0 atom stereocenters. The van der Waals surface area contributed by atoms with Crippen molar-refractivity contribution in [3.8, 4) is 17.2 Å². The number of methoxy groups -OCH3 is 2. The second-order valence-corrected chi connectivity index (χ2v) is 2.71. The fourth-order valence-electron chi connectivity index (χ4n) is 1.08. The molecule has 1 aromatic carbocycles. The van der Waals surface area contributed by atoms with Crippen LogP contribution in [-0.4, -0.2) is 27.0 Å². The summed E-state index contributed by atoms with van der Waals surface area (Å²) < 4.78 is 19.7. The number of hydrogen-bond acceptors (Lipinski definition) is 5. The van der Waals surface area contributed by atoms with Crippen LogP contribution in [0.5, 0.6) is 17.2 Å². The molecule has 0 saturated carbocycles. The van der Waals surface area contributed by atoms with E-state index in [1.54, 1.807) is 6.92 Å². The minimum atomic E-state index is -0.801. The molecule has 0 aromatic heterocycles. The highest BCUT2D eigenvalue weighted by Crippen LogP contribution is 2.36. The molecule has 87 valence electrons. The highest BCUT2D eigenvalue weighted by molar-refractivity contribution is 5.67. The third kappa shape index (κ3) is 2.79. The summed E-state index contributed by atoms with van der Waals surface area (Å²) in [5.74, 6) is 0.891. The molecule has 0 saturated heterocycles. The maximum absolute atomic E-state index is 11.2. The molecule has 0 spiro atoms. The van der Waals surface area contributed by atoms with Crippen LogP contribution in [0.15, 0.2) is 12.1 Å². The average molecular weight is 225 g/mol. The molecular weight excluding hydrogens is 212 g/mol. The zero-order chi connectivity index (χ0) is 12.0. The van der Waals surface area contributed by atoms with E-state index in [9.17, 15) is 4.79 Å². The molecule has 0 bridgehead atoms. The van der Waals surface area contributed by atoms with Gasteiger partial charge in [0.15, 0.2) is 11.5 Å². The number of ether oxygens (including phenoxy) is 4. The molecule has 5 nitrogen and oxygen atoms in total. The summed E-state index contributed by atoms with van der Waals surface area (Å²) in [4.78, 5) is 11.2. The van der Waals surface area contributed by atoms with Gasteiger partial charge in [-0.05, 0) is 25.1 Å². The molecule has 0 N–H and O–H groups in total. The van der Waals surface area contributed by atoms with Crippen molar-refractivity contribution in [2.75, 3.05) is 20.8 Å². The van der Waals surface area contributed by atoms with Crippen LogP contribution in [-0.2, 0) is 4.74 Å². The third-order valence-corrected chi connectivity index (χ3v) is 1.76. The number of carbonyl (C=O) groups excluding carboxylic acids is 1. The van der Waals surface area contributed by atoms with Crippen molar-refractivity contribution < 1.29 is 23.7 Å². The predicted molar refractivity (Wildman–Crippen MR) is 56.0 cm³/mol. The average Bonchev–Trinajstić information content (AvgIpc) is 2.29. The van der Waals surface area contributed by atoms with E-state index in [2.05, 4.69) is 10.8 Å². The van der Waals surface area contributed by atoms with Gasteiger partial charge in [-0.15, -0.1) is 0 Å². The van der Waals surface area contributed by atoms with Crippen molar-refractivity contribution in [1.29, 1.82) is 0 Å². The van der Waals surface area contributed by atoms with Crippen LogP contribution in [0, 0.1) is 6.07 Å². The van der Waals surface area contributed by atoms with Crippen LogP contribution >= 0.6 is 0 Å². The molecule has 0 heterocycles. The monoisotopic (exact) mass is 225 g/mol. The van der Waals surface area contributed by atoms with E-state index >= 15 is 0 Å². The Balaban J connectivity index is 2.95. The molecule has 0 aliphatic heterocycles. The summed E-state index contributed by atoms with van der Waals surface area (Å²) >= 11 is 0. The lowest BCUT2D eigenvalue weighted by Crippen LogP contribution is -2.11. The van der Waals surface area contributed by atoms with Gasteiger partial charge in [0.2, 0.25) is 5.75 Å². The molecular formula is C11H13O5. The van der Waals surface area contributed by atoms with E-state index in [4.69, 9.17) is 14.2 Å². The number of benzene rings is 1. The Morgan fingerprint density at radius 2 is 1.81 bits per heavy atom. The molecule has 0 aliphatic carbocycles. The van der Waals surface area contributed by atoms with E-state index in [-0.39, 0.29) is 12.4 Å². The van der Waals surface area contributed by atoms with Crippen molar-refractivity contribution in [3.63, 3.8) is 0 Å². The van der Waals surface area contributed by atoms with Crippen LogP contribution in [0.25, 0.3) is 0 Å². The van der Waals surface area contributed by atoms with Gasteiger partial charge in [-0.3, -0.25) is 0 Å². The Bertz CT molecular complexity index is 339. The van der Waals surface area contributed by atoms with Gasteiger partial charge in [-0.2, -0.15) is 0 Å². The van der Waals surface area contributed by atoms with Gasteiger partial charge < -0.3 is 18.9 Å². The van der Waals surface area contributed by atoms with E-state index in [1.807, 2.05) is 0 Å². The smallest absolute Gasteiger partial charge is 0.493 e. The maximum atomic E-state index is 11.2. The molecule has 0 amide bonds. The topological polar surface area (TPSA) is 54.0 Å². The van der Waals surface area contributed by atoms with E-state index in [0.29, 0.717) is 11.5 Å². The van der Waals surface area contributed by atoms with E-state index < -0.39 is 6.16 Å². The van der Waals surface area contributed by atoms with Crippen molar-refractivity contribution in [2.24, 2.45) is 0 Å². The highest BCUT2D eigenvalue weighted by atomic mass is 16.7. The molecule has 0 fully saturated rings. The minimum Gasteiger partial charge on any atom is -0.493 e. The predicted octanol–water partition coefficient (Wildman–Crippen LogP) is 2.04. The molecule has 1 rings (SSSR count). The molecule has 1 radical (unpaired) electrons. The summed E-state index contributed by atoms with van der Waals surface area (Å²) in [5.41, 5.74) is 0. The van der Waals surface area contributed by atoms with Crippen LogP contribution in [0.2, 0.25) is 0 Å². The Morgan fingerprint density at radius 1 is 1.25 bits per heavy atom. The Hall–Kier alpha value is -1.91. The zero-order valence-electron chi connectivity index (χ0n) is 9.40. The van der Waals surface area contributed by atoms with Crippen LogP contribution < -0.4 is 14.2 Å². The largest absolute Gasteiger partial charge is 0.514 e. The SMILES string of the molecule is CCOC(=O)Oc1c(OC)c[c]cc1OC. The molecule has 0 unspecified atom stereocenters. The summed E-state index contributed by atoms with van der Waals surface area (Å²) in [7, 11) is 2.92.